The average molecular weight is 388 g/mol. The van der Waals surface area contributed by atoms with Gasteiger partial charge in [0.25, 0.3) is 5.56 Å². The molecular weight excluding hydrogens is 380 g/mol. The molecule has 0 unspecified atom stereocenters. The number of H-pyrrole nitrogens is 1. The minimum atomic E-state index is -0.212. The summed E-state index contributed by atoms with van der Waals surface area (Å²) in [7, 11) is 0. The molecule has 1 aromatic carbocycles. The molecule has 3 rings (SSSR count). The fourth-order valence-corrected chi connectivity index (χ4v) is 2.56. The van der Waals surface area contributed by atoms with Crippen molar-refractivity contribution in [3.63, 3.8) is 0 Å². The third-order valence-electron chi connectivity index (χ3n) is 2.73. The van der Waals surface area contributed by atoms with Crippen molar-refractivity contribution in [1.29, 1.82) is 0 Å². The number of halogens is 2. The van der Waals surface area contributed by atoms with Crippen LogP contribution >= 0.6 is 31.9 Å². The molecule has 0 amide bonds. The van der Waals surface area contributed by atoms with Crippen LogP contribution in [0.25, 0.3) is 11.4 Å². The van der Waals surface area contributed by atoms with E-state index in [1.807, 2.05) is 6.07 Å². The molecule has 0 bridgehead atoms. The molecule has 19 heavy (non-hydrogen) atoms. The molecule has 5 nitrogen and oxygen atoms in total. The van der Waals surface area contributed by atoms with Gasteiger partial charge in [0.15, 0.2) is 11.5 Å². The number of fused-ring (bicyclic) bond motifs is 1. The molecule has 1 aliphatic rings. The molecule has 7 heteroatoms. The van der Waals surface area contributed by atoms with E-state index < -0.39 is 0 Å². The summed E-state index contributed by atoms with van der Waals surface area (Å²) in [5, 5.41) is 0. The minimum absolute atomic E-state index is 0.195. The number of aromatic nitrogens is 2. The van der Waals surface area contributed by atoms with E-state index in [-0.39, 0.29) is 12.4 Å². The van der Waals surface area contributed by atoms with E-state index >= 15 is 0 Å². The highest BCUT2D eigenvalue weighted by molar-refractivity contribution is 9.10. The summed E-state index contributed by atoms with van der Waals surface area (Å²) < 4.78 is 11.9. The SMILES string of the molecule is Cc1nc(-c2cc(Br)c3c(c2)OCO3)[nH]c(=O)c1Br. The molecule has 0 radical (unpaired) electrons. The van der Waals surface area contributed by atoms with Crippen LogP contribution in [-0.2, 0) is 0 Å². The molecule has 0 fully saturated rings. The highest BCUT2D eigenvalue weighted by Crippen LogP contribution is 2.41. The molecule has 1 aromatic heterocycles. The number of hydrogen-bond acceptors (Lipinski definition) is 4. The fourth-order valence-electron chi connectivity index (χ4n) is 1.81. The standard InChI is InChI=1S/C12H8Br2N2O3/c1-5-9(14)12(17)16-11(15-5)6-2-7(13)10-8(3-6)18-4-19-10/h2-3H,4H2,1H3,(H,15,16,17). The van der Waals surface area contributed by atoms with Gasteiger partial charge in [0.2, 0.25) is 6.79 Å². The smallest absolute Gasteiger partial charge is 0.265 e. The molecule has 0 saturated carbocycles. The van der Waals surface area contributed by atoms with Gasteiger partial charge in [-0.2, -0.15) is 0 Å². The number of ether oxygens (including phenoxy) is 2. The second kappa shape index (κ2) is 4.64. The first-order valence-corrected chi connectivity index (χ1v) is 7.01. The Morgan fingerprint density at radius 1 is 1.32 bits per heavy atom. The highest BCUT2D eigenvalue weighted by Gasteiger charge is 2.19. The van der Waals surface area contributed by atoms with Crippen LogP contribution in [0.4, 0.5) is 0 Å². The number of aryl methyl sites for hydroxylation is 1. The summed E-state index contributed by atoms with van der Waals surface area (Å²) in [5.41, 5.74) is 1.17. The maximum atomic E-state index is 11.7. The molecule has 0 atom stereocenters. The summed E-state index contributed by atoms with van der Waals surface area (Å²) in [6.07, 6.45) is 0. The monoisotopic (exact) mass is 386 g/mol. The predicted molar refractivity (Wildman–Crippen MR) is 76.6 cm³/mol. The molecule has 2 heterocycles. The Morgan fingerprint density at radius 2 is 2.11 bits per heavy atom. The Morgan fingerprint density at radius 3 is 2.84 bits per heavy atom. The van der Waals surface area contributed by atoms with Crippen molar-refractivity contribution in [2.24, 2.45) is 0 Å². The van der Waals surface area contributed by atoms with E-state index in [0.717, 1.165) is 10.0 Å². The van der Waals surface area contributed by atoms with Crippen molar-refractivity contribution in [2.75, 3.05) is 6.79 Å². The van der Waals surface area contributed by atoms with Gasteiger partial charge in [0.05, 0.1) is 10.2 Å². The Balaban J connectivity index is 2.18. The zero-order chi connectivity index (χ0) is 13.6. The zero-order valence-electron chi connectivity index (χ0n) is 9.79. The van der Waals surface area contributed by atoms with Crippen LogP contribution in [0.3, 0.4) is 0 Å². The van der Waals surface area contributed by atoms with Crippen LogP contribution in [0.1, 0.15) is 5.69 Å². The fraction of sp³-hybridized carbons (Fsp3) is 0.167. The Kier molecular flexibility index (Phi) is 3.10. The van der Waals surface area contributed by atoms with E-state index in [4.69, 9.17) is 9.47 Å². The highest BCUT2D eigenvalue weighted by atomic mass is 79.9. The molecule has 0 aliphatic carbocycles. The van der Waals surface area contributed by atoms with E-state index in [1.54, 1.807) is 13.0 Å². The maximum Gasteiger partial charge on any atom is 0.265 e. The first-order valence-electron chi connectivity index (χ1n) is 5.42. The second-order valence-corrected chi connectivity index (χ2v) is 5.65. The molecule has 0 saturated heterocycles. The first-order chi connectivity index (χ1) is 9.06. The van der Waals surface area contributed by atoms with Gasteiger partial charge in [0.1, 0.15) is 10.3 Å². The van der Waals surface area contributed by atoms with Gasteiger partial charge in [-0.1, -0.05) is 0 Å². The van der Waals surface area contributed by atoms with Crippen LogP contribution in [0.2, 0.25) is 0 Å². The van der Waals surface area contributed by atoms with Gasteiger partial charge in [-0.25, -0.2) is 4.98 Å². The largest absolute Gasteiger partial charge is 0.454 e. The number of hydrogen-bond donors (Lipinski definition) is 1. The first kappa shape index (κ1) is 12.7. The van der Waals surface area contributed by atoms with Gasteiger partial charge in [-0.3, -0.25) is 4.79 Å². The third-order valence-corrected chi connectivity index (χ3v) is 4.25. The molecule has 1 aliphatic heterocycles. The quantitative estimate of drug-likeness (QED) is 0.816. The summed E-state index contributed by atoms with van der Waals surface area (Å²) in [4.78, 5) is 18.8. The third kappa shape index (κ3) is 2.17. The second-order valence-electron chi connectivity index (χ2n) is 4.01. The number of benzene rings is 1. The number of rotatable bonds is 1. The lowest BCUT2D eigenvalue weighted by atomic mass is 10.2. The van der Waals surface area contributed by atoms with Crippen LogP contribution in [0.5, 0.6) is 11.5 Å². The van der Waals surface area contributed by atoms with E-state index in [2.05, 4.69) is 41.8 Å². The van der Waals surface area contributed by atoms with Crippen LogP contribution in [0.15, 0.2) is 25.9 Å². The lowest BCUT2D eigenvalue weighted by Gasteiger charge is -2.06. The zero-order valence-corrected chi connectivity index (χ0v) is 13.0. The lowest BCUT2D eigenvalue weighted by Crippen LogP contribution is -2.11. The number of nitrogens with one attached hydrogen (secondary N) is 1. The summed E-state index contributed by atoms with van der Waals surface area (Å²) in [5.74, 6) is 1.79. The Hall–Kier alpha value is -1.34. The van der Waals surface area contributed by atoms with Crippen molar-refractivity contribution in [3.8, 4) is 22.9 Å². The molecule has 1 N–H and O–H groups in total. The maximum absolute atomic E-state index is 11.7. The van der Waals surface area contributed by atoms with E-state index in [9.17, 15) is 4.79 Å². The van der Waals surface area contributed by atoms with E-state index in [1.165, 1.54) is 0 Å². The minimum Gasteiger partial charge on any atom is -0.454 e. The van der Waals surface area contributed by atoms with Gasteiger partial charge < -0.3 is 14.5 Å². The average Bonchev–Trinajstić information content (AvgIpc) is 2.84. The van der Waals surface area contributed by atoms with Gasteiger partial charge >= 0.3 is 0 Å². The number of nitrogens with zero attached hydrogens (tertiary/aromatic N) is 1. The molecule has 98 valence electrons. The van der Waals surface area contributed by atoms with Gasteiger partial charge in [-0.15, -0.1) is 0 Å². The van der Waals surface area contributed by atoms with Crippen molar-refractivity contribution in [3.05, 3.63) is 37.1 Å². The van der Waals surface area contributed by atoms with Gasteiger partial charge in [0, 0.05) is 5.56 Å². The van der Waals surface area contributed by atoms with Crippen molar-refractivity contribution < 1.29 is 9.47 Å². The van der Waals surface area contributed by atoms with E-state index in [0.29, 0.717) is 27.5 Å². The normalized spacial score (nSPS) is 12.8. The van der Waals surface area contributed by atoms with Crippen LogP contribution in [-0.4, -0.2) is 16.8 Å². The summed E-state index contributed by atoms with van der Waals surface area (Å²) in [6.45, 7) is 1.96. The van der Waals surface area contributed by atoms with Crippen LogP contribution in [0, 0.1) is 6.92 Å². The van der Waals surface area contributed by atoms with Gasteiger partial charge in [-0.05, 0) is 50.9 Å². The molecular formula is C12H8Br2N2O3. The van der Waals surface area contributed by atoms with Crippen molar-refractivity contribution in [2.45, 2.75) is 6.92 Å². The predicted octanol–water partition coefficient (Wildman–Crippen LogP) is 3.00. The lowest BCUT2D eigenvalue weighted by molar-refractivity contribution is 0.173. The van der Waals surface area contributed by atoms with Crippen LogP contribution < -0.4 is 15.0 Å². The number of aromatic amines is 1. The summed E-state index contributed by atoms with van der Waals surface area (Å²) >= 11 is 6.60. The van der Waals surface area contributed by atoms with Crippen molar-refractivity contribution in [1.82, 2.24) is 9.97 Å². The Labute approximate surface area is 125 Å². The molecule has 0 spiro atoms. The molecule has 2 aromatic rings. The summed E-state index contributed by atoms with van der Waals surface area (Å²) in [6, 6.07) is 3.62. The topological polar surface area (TPSA) is 64.2 Å². The van der Waals surface area contributed by atoms with Crippen molar-refractivity contribution >= 4 is 31.9 Å². The Bertz CT molecular complexity index is 728.